The Morgan fingerprint density at radius 2 is 1.95 bits per heavy atom. The van der Waals surface area contributed by atoms with Crippen LogP contribution >= 0.6 is 0 Å². The second-order valence-corrected chi connectivity index (χ2v) is 5.21. The van der Waals surface area contributed by atoms with Gasteiger partial charge >= 0.3 is 0 Å². The molecule has 1 unspecified atom stereocenters. The molecule has 0 aliphatic heterocycles. The van der Waals surface area contributed by atoms with E-state index in [1.165, 1.54) is 4.68 Å². The van der Waals surface area contributed by atoms with E-state index in [1.807, 2.05) is 44.2 Å². The van der Waals surface area contributed by atoms with Crippen LogP contribution in [0.1, 0.15) is 32.6 Å². The monoisotopic (exact) mass is 288 g/mol. The summed E-state index contributed by atoms with van der Waals surface area (Å²) < 4.78 is 1.45. The third kappa shape index (κ3) is 3.66. The van der Waals surface area contributed by atoms with Crippen molar-refractivity contribution < 1.29 is 9.90 Å². The molecule has 2 aromatic rings. The maximum Gasteiger partial charge on any atom is 0.249 e. The normalized spacial score (nSPS) is 12.4. The molecule has 21 heavy (non-hydrogen) atoms. The fourth-order valence-electron chi connectivity index (χ4n) is 2.12. The number of para-hydroxylation sites is 1. The van der Waals surface area contributed by atoms with Gasteiger partial charge in [0.15, 0.2) is 0 Å². The molecule has 0 bridgehead atoms. The van der Waals surface area contributed by atoms with Gasteiger partial charge in [0.2, 0.25) is 5.91 Å². The second kappa shape index (κ2) is 6.49. The first-order valence-electron chi connectivity index (χ1n) is 6.94. The van der Waals surface area contributed by atoms with Crippen molar-refractivity contribution in [3.8, 4) is 0 Å². The zero-order valence-electron chi connectivity index (χ0n) is 12.5. The topological polar surface area (TPSA) is 71.2 Å². The summed E-state index contributed by atoms with van der Waals surface area (Å²) in [6.45, 7) is 5.63. The molecule has 1 aromatic heterocycles. The highest BCUT2D eigenvalue weighted by atomic mass is 16.3. The number of carbonyl (C=O) groups excluding carboxylic acids is 1. The standard InChI is InChI=1S/C15H20N4O2/c1-11(2)19(13-7-5-4-6-8-13)15(21)10-18-9-14(12(3)20)16-17-18/h4-9,11-12,20H,10H2,1-3H3. The van der Waals surface area contributed by atoms with E-state index >= 15 is 0 Å². The van der Waals surface area contributed by atoms with Gasteiger partial charge in [-0.3, -0.25) is 4.79 Å². The minimum atomic E-state index is -0.691. The molecule has 1 aromatic carbocycles. The van der Waals surface area contributed by atoms with Gasteiger partial charge in [-0.2, -0.15) is 0 Å². The van der Waals surface area contributed by atoms with Crippen molar-refractivity contribution in [3.05, 3.63) is 42.2 Å². The molecule has 1 heterocycles. The maximum atomic E-state index is 12.5. The molecule has 0 aliphatic carbocycles. The fourth-order valence-corrected chi connectivity index (χ4v) is 2.12. The van der Waals surface area contributed by atoms with Crippen LogP contribution in [-0.4, -0.2) is 32.0 Å². The van der Waals surface area contributed by atoms with Crippen LogP contribution in [0.5, 0.6) is 0 Å². The van der Waals surface area contributed by atoms with E-state index in [9.17, 15) is 9.90 Å². The van der Waals surface area contributed by atoms with Gasteiger partial charge in [-0.15, -0.1) is 5.10 Å². The number of anilines is 1. The summed E-state index contributed by atoms with van der Waals surface area (Å²) in [5.41, 5.74) is 1.31. The first kappa shape index (κ1) is 15.2. The molecular formula is C15H20N4O2. The molecule has 1 atom stereocenters. The Kier molecular flexibility index (Phi) is 4.70. The van der Waals surface area contributed by atoms with Crippen molar-refractivity contribution >= 4 is 11.6 Å². The summed E-state index contributed by atoms with van der Waals surface area (Å²) in [5.74, 6) is -0.0711. The zero-order valence-corrected chi connectivity index (χ0v) is 12.5. The molecule has 112 valence electrons. The van der Waals surface area contributed by atoms with E-state index in [-0.39, 0.29) is 18.5 Å². The summed E-state index contributed by atoms with van der Waals surface area (Å²) >= 11 is 0. The summed E-state index contributed by atoms with van der Waals surface area (Å²) in [4.78, 5) is 14.2. The van der Waals surface area contributed by atoms with E-state index in [1.54, 1.807) is 18.0 Å². The van der Waals surface area contributed by atoms with E-state index in [4.69, 9.17) is 0 Å². The van der Waals surface area contributed by atoms with Crippen LogP contribution in [0, 0.1) is 0 Å². The number of hydrogen-bond donors (Lipinski definition) is 1. The number of hydrogen-bond acceptors (Lipinski definition) is 4. The number of aliphatic hydroxyl groups excluding tert-OH is 1. The van der Waals surface area contributed by atoms with Gasteiger partial charge in [-0.25, -0.2) is 4.68 Å². The molecule has 6 nitrogen and oxygen atoms in total. The highest BCUT2D eigenvalue weighted by molar-refractivity contribution is 5.93. The van der Waals surface area contributed by atoms with Gasteiger partial charge in [0, 0.05) is 11.7 Å². The number of aliphatic hydroxyl groups is 1. The number of benzene rings is 1. The van der Waals surface area contributed by atoms with Gasteiger partial charge in [0.05, 0.1) is 12.3 Å². The number of aromatic nitrogens is 3. The largest absolute Gasteiger partial charge is 0.387 e. The molecule has 0 fully saturated rings. The van der Waals surface area contributed by atoms with Crippen molar-refractivity contribution in [2.45, 2.75) is 39.5 Å². The molecule has 1 N–H and O–H groups in total. The van der Waals surface area contributed by atoms with Crippen LogP contribution in [0.4, 0.5) is 5.69 Å². The molecule has 0 spiro atoms. The van der Waals surface area contributed by atoms with Crippen LogP contribution < -0.4 is 4.90 Å². The Hall–Kier alpha value is -2.21. The third-order valence-corrected chi connectivity index (χ3v) is 3.10. The fraction of sp³-hybridized carbons (Fsp3) is 0.400. The van der Waals surface area contributed by atoms with Gasteiger partial charge < -0.3 is 10.0 Å². The molecule has 0 radical (unpaired) electrons. The second-order valence-electron chi connectivity index (χ2n) is 5.21. The summed E-state index contributed by atoms with van der Waals surface area (Å²) in [5, 5.41) is 17.1. The Bertz CT molecular complexity index is 593. The molecule has 6 heteroatoms. The zero-order chi connectivity index (χ0) is 15.4. The number of amides is 1. The van der Waals surface area contributed by atoms with E-state index in [0.29, 0.717) is 5.69 Å². The Morgan fingerprint density at radius 3 is 2.48 bits per heavy atom. The molecule has 1 amide bonds. The molecule has 2 rings (SSSR count). The van der Waals surface area contributed by atoms with Crippen LogP contribution in [0.2, 0.25) is 0 Å². The van der Waals surface area contributed by atoms with E-state index < -0.39 is 6.10 Å². The van der Waals surface area contributed by atoms with Crippen molar-refractivity contribution in [2.75, 3.05) is 4.90 Å². The lowest BCUT2D eigenvalue weighted by Gasteiger charge is -2.26. The first-order valence-corrected chi connectivity index (χ1v) is 6.94. The average molecular weight is 288 g/mol. The Labute approximate surface area is 124 Å². The van der Waals surface area contributed by atoms with Crippen molar-refractivity contribution in [1.29, 1.82) is 0 Å². The van der Waals surface area contributed by atoms with Crippen LogP contribution in [0.15, 0.2) is 36.5 Å². The molecular weight excluding hydrogens is 268 g/mol. The summed E-state index contributed by atoms with van der Waals surface area (Å²) in [7, 11) is 0. The first-order chi connectivity index (χ1) is 9.99. The summed E-state index contributed by atoms with van der Waals surface area (Å²) in [6.07, 6.45) is 0.899. The quantitative estimate of drug-likeness (QED) is 0.910. The predicted molar refractivity (Wildman–Crippen MR) is 79.7 cm³/mol. The third-order valence-electron chi connectivity index (χ3n) is 3.10. The predicted octanol–water partition coefficient (Wildman–Crippen LogP) is 1.77. The van der Waals surface area contributed by atoms with Gasteiger partial charge in [-0.1, -0.05) is 23.4 Å². The van der Waals surface area contributed by atoms with E-state index in [2.05, 4.69) is 10.3 Å². The van der Waals surface area contributed by atoms with Crippen molar-refractivity contribution in [2.24, 2.45) is 0 Å². The van der Waals surface area contributed by atoms with Crippen molar-refractivity contribution in [3.63, 3.8) is 0 Å². The smallest absolute Gasteiger partial charge is 0.249 e. The van der Waals surface area contributed by atoms with Gasteiger partial charge in [-0.05, 0) is 32.9 Å². The lowest BCUT2D eigenvalue weighted by molar-refractivity contribution is -0.119. The highest BCUT2D eigenvalue weighted by Crippen LogP contribution is 2.17. The molecule has 0 saturated carbocycles. The van der Waals surface area contributed by atoms with Crippen LogP contribution in [0.3, 0.4) is 0 Å². The van der Waals surface area contributed by atoms with Gasteiger partial charge in [0.1, 0.15) is 12.2 Å². The van der Waals surface area contributed by atoms with Crippen LogP contribution in [-0.2, 0) is 11.3 Å². The highest BCUT2D eigenvalue weighted by Gasteiger charge is 2.20. The lowest BCUT2D eigenvalue weighted by Crippen LogP contribution is -2.39. The number of nitrogens with zero attached hydrogens (tertiary/aromatic N) is 4. The minimum absolute atomic E-state index is 0.0413. The SMILES string of the molecule is CC(O)c1cn(CC(=O)N(c2ccccc2)C(C)C)nn1. The van der Waals surface area contributed by atoms with Crippen molar-refractivity contribution in [1.82, 2.24) is 15.0 Å². The number of rotatable bonds is 5. The average Bonchev–Trinajstić information content (AvgIpc) is 2.88. The summed E-state index contributed by atoms with van der Waals surface area (Å²) in [6, 6.07) is 9.57. The maximum absolute atomic E-state index is 12.5. The van der Waals surface area contributed by atoms with Gasteiger partial charge in [0.25, 0.3) is 0 Å². The Morgan fingerprint density at radius 1 is 1.29 bits per heavy atom. The Balaban J connectivity index is 2.15. The number of carbonyl (C=O) groups is 1. The molecule has 0 aliphatic rings. The van der Waals surface area contributed by atoms with Crippen LogP contribution in [0.25, 0.3) is 0 Å². The van der Waals surface area contributed by atoms with E-state index in [0.717, 1.165) is 5.69 Å². The lowest BCUT2D eigenvalue weighted by atomic mass is 10.2. The minimum Gasteiger partial charge on any atom is -0.387 e. The molecule has 0 saturated heterocycles.